The van der Waals surface area contributed by atoms with E-state index in [0.29, 0.717) is 11.2 Å². The van der Waals surface area contributed by atoms with Crippen molar-refractivity contribution >= 4 is 44.5 Å². The summed E-state index contributed by atoms with van der Waals surface area (Å²) >= 11 is 5.32. The number of anilines is 1. The zero-order chi connectivity index (χ0) is 12.3. The normalized spacial score (nSPS) is 12.6. The van der Waals surface area contributed by atoms with Crippen molar-refractivity contribution in [3.8, 4) is 0 Å². The summed E-state index contributed by atoms with van der Waals surface area (Å²) < 4.78 is 1.03. The molecule has 0 amide bonds. The molecule has 2 aromatic rings. The van der Waals surface area contributed by atoms with Crippen molar-refractivity contribution in [2.45, 2.75) is 12.2 Å². The van der Waals surface area contributed by atoms with E-state index >= 15 is 0 Å². The van der Waals surface area contributed by atoms with Gasteiger partial charge >= 0.3 is 0 Å². The highest BCUT2D eigenvalue weighted by molar-refractivity contribution is 9.10. The number of nitrogens with zero attached hydrogens (tertiary/aromatic N) is 2. The Morgan fingerprint density at radius 1 is 1.47 bits per heavy atom. The summed E-state index contributed by atoms with van der Waals surface area (Å²) in [4.78, 5) is 8.79. The van der Waals surface area contributed by atoms with E-state index in [4.69, 9.17) is 0 Å². The van der Waals surface area contributed by atoms with E-state index in [9.17, 15) is 0 Å². The number of rotatable bonds is 4. The van der Waals surface area contributed by atoms with Crippen molar-refractivity contribution in [1.29, 1.82) is 0 Å². The molecular weight excluding hydrogens is 298 g/mol. The second kappa shape index (κ2) is 5.69. The molecule has 0 saturated heterocycles. The van der Waals surface area contributed by atoms with E-state index in [2.05, 4.69) is 44.4 Å². The predicted molar refractivity (Wildman–Crippen MR) is 78.7 cm³/mol. The fourth-order valence-corrected chi connectivity index (χ4v) is 2.13. The van der Waals surface area contributed by atoms with Gasteiger partial charge in [-0.05, 0) is 18.4 Å². The molecule has 0 radical (unpaired) electrons. The van der Waals surface area contributed by atoms with Crippen LogP contribution in [0.2, 0.25) is 0 Å². The van der Waals surface area contributed by atoms with Gasteiger partial charge in [0.15, 0.2) is 0 Å². The zero-order valence-corrected chi connectivity index (χ0v) is 12.2. The maximum absolute atomic E-state index is 4.48. The van der Waals surface area contributed by atoms with Gasteiger partial charge in [0, 0.05) is 27.9 Å². The fourth-order valence-electron chi connectivity index (χ4n) is 1.42. The lowest BCUT2D eigenvalue weighted by Crippen LogP contribution is -2.14. The van der Waals surface area contributed by atoms with Gasteiger partial charge in [-0.25, -0.2) is 9.97 Å². The van der Waals surface area contributed by atoms with Gasteiger partial charge in [-0.1, -0.05) is 28.9 Å². The number of halogens is 1. The molecule has 0 fully saturated rings. The topological polar surface area (TPSA) is 37.8 Å². The Morgan fingerprint density at radius 3 is 3.06 bits per heavy atom. The van der Waals surface area contributed by atoms with Gasteiger partial charge in [0.25, 0.3) is 0 Å². The molecule has 1 unspecified atom stereocenters. The Labute approximate surface area is 114 Å². The molecule has 3 nitrogen and oxygen atoms in total. The van der Waals surface area contributed by atoms with Gasteiger partial charge in [0.05, 0.1) is 5.52 Å². The van der Waals surface area contributed by atoms with Gasteiger partial charge in [-0.3, -0.25) is 0 Å². The molecule has 17 heavy (non-hydrogen) atoms. The molecule has 1 aromatic carbocycles. The van der Waals surface area contributed by atoms with Gasteiger partial charge in [0.2, 0.25) is 5.95 Å². The van der Waals surface area contributed by atoms with Crippen molar-refractivity contribution in [3.05, 3.63) is 28.9 Å². The van der Waals surface area contributed by atoms with Gasteiger partial charge in [-0.15, -0.1) is 0 Å². The molecule has 0 aliphatic carbocycles. The second-order valence-corrected chi connectivity index (χ2v) is 5.92. The van der Waals surface area contributed by atoms with E-state index in [1.165, 1.54) is 0 Å². The highest BCUT2D eigenvalue weighted by Gasteiger charge is 2.04. The SMILES string of the molecule is CSC(C)CNc1ncc2c(Br)cccc2n1. The Morgan fingerprint density at radius 2 is 2.29 bits per heavy atom. The third-order valence-corrected chi connectivity index (χ3v) is 4.19. The van der Waals surface area contributed by atoms with Gasteiger partial charge in [-0.2, -0.15) is 11.8 Å². The number of benzene rings is 1. The molecule has 1 N–H and O–H groups in total. The van der Waals surface area contributed by atoms with Crippen LogP contribution < -0.4 is 5.32 Å². The molecule has 0 saturated carbocycles. The van der Waals surface area contributed by atoms with E-state index in [1.807, 2.05) is 36.2 Å². The third kappa shape index (κ3) is 3.10. The number of hydrogen-bond acceptors (Lipinski definition) is 4. The van der Waals surface area contributed by atoms with Crippen LogP contribution >= 0.6 is 27.7 Å². The summed E-state index contributed by atoms with van der Waals surface area (Å²) in [7, 11) is 0. The number of fused-ring (bicyclic) bond motifs is 1. The Balaban J connectivity index is 2.20. The molecule has 0 bridgehead atoms. The molecule has 0 spiro atoms. The molecule has 1 heterocycles. The molecule has 0 aliphatic heterocycles. The molecule has 5 heteroatoms. The number of hydrogen-bond donors (Lipinski definition) is 1. The monoisotopic (exact) mass is 311 g/mol. The number of aromatic nitrogens is 2. The average Bonchev–Trinajstić information content (AvgIpc) is 2.36. The Hall–Kier alpha value is -0.810. The van der Waals surface area contributed by atoms with E-state index < -0.39 is 0 Å². The first kappa shape index (κ1) is 12.6. The maximum atomic E-state index is 4.48. The first-order valence-corrected chi connectivity index (χ1v) is 7.46. The van der Waals surface area contributed by atoms with Crippen LogP contribution in [-0.4, -0.2) is 28.0 Å². The predicted octanol–water partition coefficient (Wildman–Crippen LogP) is 3.56. The summed E-state index contributed by atoms with van der Waals surface area (Å²) in [6.45, 7) is 3.05. The lowest BCUT2D eigenvalue weighted by Gasteiger charge is -2.10. The van der Waals surface area contributed by atoms with Crippen LogP contribution in [0, 0.1) is 0 Å². The molecule has 90 valence electrons. The first-order chi connectivity index (χ1) is 8.20. The van der Waals surface area contributed by atoms with Crippen molar-refractivity contribution in [1.82, 2.24) is 9.97 Å². The smallest absolute Gasteiger partial charge is 0.223 e. The van der Waals surface area contributed by atoms with Gasteiger partial charge in [0.1, 0.15) is 0 Å². The van der Waals surface area contributed by atoms with Crippen molar-refractivity contribution in [3.63, 3.8) is 0 Å². The Kier molecular flexibility index (Phi) is 4.23. The van der Waals surface area contributed by atoms with Crippen LogP contribution in [0.15, 0.2) is 28.9 Å². The lowest BCUT2D eigenvalue weighted by molar-refractivity contribution is 0.977. The lowest BCUT2D eigenvalue weighted by atomic mass is 10.2. The molecule has 1 atom stereocenters. The number of thioether (sulfide) groups is 1. The van der Waals surface area contributed by atoms with Crippen LogP contribution in [0.1, 0.15) is 6.92 Å². The van der Waals surface area contributed by atoms with E-state index in [-0.39, 0.29) is 0 Å². The van der Waals surface area contributed by atoms with Crippen LogP contribution in [0.25, 0.3) is 10.9 Å². The summed E-state index contributed by atoms with van der Waals surface area (Å²) in [6.07, 6.45) is 3.95. The fraction of sp³-hybridized carbons (Fsp3) is 0.333. The minimum Gasteiger partial charge on any atom is -0.353 e. The minimum atomic E-state index is 0.553. The Bertz CT molecular complexity index is 518. The maximum Gasteiger partial charge on any atom is 0.223 e. The quantitative estimate of drug-likeness (QED) is 0.937. The van der Waals surface area contributed by atoms with Crippen LogP contribution in [0.3, 0.4) is 0 Å². The zero-order valence-electron chi connectivity index (χ0n) is 9.77. The van der Waals surface area contributed by atoms with Crippen molar-refractivity contribution < 1.29 is 0 Å². The summed E-state index contributed by atoms with van der Waals surface area (Å²) in [6, 6.07) is 5.97. The van der Waals surface area contributed by atoms with Crippen molar-refractivity contribution in [2.75, 3.05) is 18.1 Å². The average molecular weight is 312 g/mol. The summed E-state index contributed by atoms with van der Waals surface area (Å²) in [5.74, 6) is 0.691. The van der Waals surface area contributed by atoms with Crippen molar-refractivity contribution in [2.24, 2.45) is 0 Å². The highest BCUT2D eigenvalue weighted by Crippen LogP contribution is 2.22. The second-order valence-electron chi connectivity index (χ2n) is 3.79. The molecule has 2 rings (SSSR count). The molecular formula is C12H14BrN3S. The highest BCUT2D eigenvalue weighted by atomic mass is 79.9. The van der Waals surface area contributed by atoms with E-state index in [1.54, 1.807) is 0 Å². The van der Waals surface area contributed by atoms with Crippen LogP contribution in [0.4, 0.5) is 5.95 Å². The van der Waals surface area contributed by atoms with Crippen LogP contribution in [0.5, 0.6) is 0 Å². The third-order valence-electron chi connectivity index (χ3n) is 2.52. The van der Waals surface area contributed by atoms with Gasteiger partial charge < -0.3 is 5.32 Å². The largest absolute Gasteiger partial charge is 0.353 e. The summed E-state index contributed by atoms with van der Waals surface area (Å²) in [5, 5.41) is 4.84. The van der Waals surface area contributed by atoms with E-state index in [0.717, 1.165) is 21.9 Å². The first-order valence-electron chi connectivity index (χ1n) is 5.38. The van der Waals surface area contributed by atoms with Crippen LogP contribution in [-0.2, 0) is 0 Å². The number of nitrogens with one attached hydrogen (secondary N) is 1. The summed E-state index contributed by atoms with van der Waals surface area (Å²) in [5.41, 5.74) is 0.952. The molecule has 0 aliphatic rings. The molecule has 1 aromatic heterocycles. The minimum absolute atomic E-state index is 0.553. The standard InChI is InChI=1S/C12H14BrN3S/c1-8(17-2)6-14-12-15-7-9-10(13)4-3-5-11(9)16-12/h3-5,7-8H,6H2,1-2H3,(H,14,15,16).